The van der Waals surface area contributed by atoms with Crippen LogP contribution in [-0.2, 0) is 14.8 Å². The third kappa shape index (κ3) is 2.44. The summed E-state index contributed by atoms with van der Waals surface area (Å²) >= 11 is 6.82. The standard InChI is InChI=1S/C11H16ClNO3S2/c1-11(2)7(6-8(11)16-3)13-18(14,15)10-5-4-9(12)17-10/h4-5,7-8,13H,6H2,1-3H3. The second-order valence-corrected chi connectivity index (χ2v) is 8.67. The van der Waals surface area contributed by atoms with Gasteiger partial charge in [0.1, 0.15) is 4.21 Å². The van der Waals surface area contributed by atoms with Crippen LogP contribution in [0, 0.1) is 5.41 Å². The molecule has 0 aromatic carbocycles. The lowest BCUT2D eigenvalue weighted by molar-refractivity contribution is -0.0908. The van der Waals surface area contributed by atoms with Gasteiger partial charge in [0, 0.05) is 18.6 Å². The summed E-state index contributed by atoms with van der Waals surface area (Å²) in [6.07, 6.45) is 0.791. The highest BCUT2D eigenvalue weighted by Gasteiger charge is 2.50. The van der Waals surface area contributed by atoms with E-state index in [1.54, 1.807) is 13.2 Å². The topological polar surface area (TPSA) is 55.4 Å². The summed E-state index contributed by atoms with van der Waals surface area (Å²) in [5.74, 6) is 0. The number of nitrogens with one attached hydrogen (secondary N) is 1. The molecule has 1 fully saturated rings. The summed E-state index contributed by atoms with van der Waals surface area (Å²) in [6, 6.07) is 3.01. The van der Waals surface area contributed by atoms with Crippen LogP contribution in [0.5, 0.6) is 0 Å². The van der Waals surface area contributed by atoms with Crippen molar-refractivity contribution in [3.8, 4) is 0 Å². The Labute approximate surface area is 116 Å². The zero-order chi connectivity index (χ0) is 13.6. The molecule has 2 atom stereocenters. The minimum Gasteiger partial charge on any atom is -0.381 e. The first-order chi connectivity index (χ1) is 8.27. The predicted molar refractivity (Wildman–Crippen MR) is 72.6 cm³/mol. The summed E-state index contributed by atoms with van der Waals surface area (Å²) in [6.45, 7) is 4.00. The van der Waals surface area contributed by atoms with Crippen molar-refractivity contribution < 1.29 is 13.2 Å². The van der Waals surface area contributed by atoms with Crippen molar-refractivity contribution >= 4 is 33.0 Å². The van der Waals surface area contributed by atoms with Gasteiger partial charge in [0.2, 0.25) is 10.0 Å². The van der Waals surface area contributed by atoms with Crippen LogP contribution in [0.2, 0.25) is 4.34 Å². The highest BCUT2D eigenvalue weighted by molar-refractivity contribution is 7.91. The Kier molecular flexibility index (Phi) is 3.77. The van der Waals surface area contributed by atoms with Gasteiger partial charge >= 0.3 is 0 Å². The summed E-state index contributed by atoms with van der Waals surface area (Å²) in [5, 5.41) is 0. The Morgan fingerprint density at radius 2 is 2.17 bits per heavy atom. The molecule has 18 heavy (non-hydrogen) atoms. The van der Waals surface area contributed by atoms with Crippen molar-refractivity contribution in [1.29, 1.82) is 0 Å². The third-order valence-corrected chi connectivity index (χ3v) is 6.77. The highest BCUT2D eigenvalue weighted by atomic mass is 35.5. The van der Waals surface area contributed by atoms with Gasteiger partial charge in [-0.25, -0.2) is 13.1 Å². The van der Waals surface area contributed by atoms with E-state index in [-0.39, 0.29) is 21.8 Å². The lowest BCUT2D eigenvalue weighted by atomic mass is 9.65. The molecule has 1 saturated carbocycles. The fourth-order valence-corrected chi connectivity index (χ4v) is 5.08. The Morgan fingerprint density at radius 3 is 2.61 bits per heavy atom. The SMILES string of the molecule is COC1CC(NS(=O)(=O)c2ccc(Cl)s2)C1(C)C. The number of methoxy groups -OCH3 is 1. The number of rotatable bonds is 4. The molecule has 0 spiro atoms. The maximum absolute atomic E-state index is 12.1. The number of sulfonamides is 1. The van der Waals surface area contributed by atoms with Crippen molar-refractivity contribution in [3.63, 3.8) is 0 Å². The van der Waals surface area contributed by atoms with Crippen LogP contribution in [0.15, 0.2) is 16.3 Å². The molecule has 1 aromatic rings. The summed E-state index contributed by atoms with van der Waals surface area (Å²) in [4.78, 5) is 0. The molecule has 0 radical (unpaired) electrons. The van der Waals surface area contributed by atoms with Gasteiger partial charge < -0.3 is 4.74 Å². The first kappa shape index (κ1) is 14.3. The number of thiophene rings is 1. The zero-order valence-electron chi connectivity index (χ0n) is 10.4. The molecule has 1 heterocycles. The van der Waals surface area contributed by atoms with Gasteiger partial charge in [-0.1, -0.05) is 25.4 Å². The molecule has 7 heteroatoms. The number of ether oxygens (including phenoxy) is 1. The maximum atomic E-state index is 12.1. The average molecular weight is 310 g/mol. The van der Waals surface area contributed by atoms with Gasteiger partial charge in [0.25, 0.3) is 0 Å². The molecule has 2 rings (SSSR count). The third-order valence-electron chi connectivity index (χ3n) is 3.57. The average Bonchev–Trinajstić information content (AvgIpc) is 2.71. The minimum atomic E-state index is -3.47. The van der Waals surface area contributed by atoms with Crippen LogP contribution in [0.3, 0.4) is 0 Å². The van der Waals surface area contributed by atoms with E-state index in [2.05, 4.69) is 4.72 Å². The Bertz CT molecular complexity index is 538. The van der Waals surface area contributed by atoms with Gasteiger partial charge in [-0.3, -0.25) is 0 Å². The predicted octanol–water partition coefficient (Wildman–Crippen LogP) is 2.49. The van der Waals surface area contributed by atoms with Crippen molar-refractivity contribution in [2.24, 2.45) is 5.41 Å². The molecule has 0 saturated heterocycles. The van der Waals surface area contributed by atoms with E-state index in [0.717, 1.165) is 11.3 Å². The largest absolute Gasteiger partial charge is 0.381 e. The van der Waals surface area contributed by atoms with Crippen LogP contribution in [-0.4, -0.2) is 27.7 Å². The van der Waals surface area contributed by atoms with Crippen LogP contribution in [0.4, 0.5) is 0 Å². The van der Waals surface area contributed by atoms with E-state index in [1.165, 1.54) is 6.07 Å². The molecule has 1 aliphatic rings. The molecule has 0 aliphatic heterocycles. The van der Waals surface area contributed by atoms with E-state index in [9.17, 15) is 8.42 Å². The van der Waals surface area contributed by atoms with E-state index < -0.39 is 10.0 Å². The van der Waals surface area contributed by atoms with Crippen LogP contribution < -0.4 is 4.72 Å². The molecular weight excluding hydrogens is 294 g/mol. The highest BCUT2D eigenvalue weighted by Crippen LogP contribution is 2.43. The Morgan fingerprint density at radius 1 is 1.50 bits per heavy atom. The number of halogens is 1. The number of hydrogen-bond acceptors (Lipinski definition) is 4. The van der Waals surface area contributed by atoms with E-state index in [0.29, 0.717) is 10.8 Å². The van der Waals surface area contributed by atoms with Crippen LogP contribution in [0.1, 0.15) is 20.3 Å². The zero-order valence-corrected chi connectivity index (χ0v) is 12.8. The van der Waals surface area contributed by atoms with E-state index in [4.69, 9.17) is 16.3 Å². The normalized spacial score (nSPS) is 26.9. The van der Waals surface area contributed by atoms with Crippen molar-refractivity contribution in [1.82, 2.24) is 4.72 Å². The molecule has 1 N–H and O–H groups in total. The molecular formula is C11H16ClNO3S2. The molecule has 4 nitrogen and oxygen atoms in total. The number of hydrogen-bond donors (Lipinski definition) is 1. The van der Waals surface area contributed by atoms with E-state index in [1.807, 2.05) is 13.8 Å². The molecule has 102 valence electrons. The summed E-state index contributed by atoms with van der Waals surface area (Å²) in [7, 11) is -1.82. The van der Waals surface area contributed by atoms with Crippen LogP contribution in [0.25, 0.3) is 0 Å². The van der Waals surface area contributed by atoms with Gasteiger partial charge in [-0.05, 0) is 18.6 Å². The molecule has 1 aromatic heterocycles. The minimum absolute atomic E-state index is 0.0946. The summed E-state index contributed by atoms with van der Waals surface area (Å²) in [5.41, 5.74) is -0.192. The fourth-order valence-electron chi connectivity index (χ4n) is 2.17. The Hall–Kier alpha value is -0.140. The maximum Gasteiger partial charge on any atom is 0.250 e. The second-order valence-electron chi connectivity index (χ2n) is 5.01. The first-order valence-electron chi connectivity index (χ1n) is 5.58. The summed E-state index contributed by atoms with van der Waals surface area (Å²) < 4.78 is 33.0. The lowest BCUT2D eigenvalue weighted by Crippen LogP contribution is -2.61. The molecule has 0 bridgehead atoms. The fraction of sp³-hybridized carbons (Fsp3) is 0.636. The molecule has 0 amide bonds. The van der Waals surface area contributed by atoms with Gasteiger partial charge in [0.15, 0.2) is 0 Å². The monoisotopic (exact) mass is 309 g/mol. The van der Waals surface area contributed by atoms with Gasteiger partial charge in [0.05, 0.1) is 10.4 Å². The van der Waals surface area contributed by atoms with Crippen LogP contribution >= 0.6 is 22.9 Å². The Balaban J connectivity index is 2.11. The molecule has 2 unspecified atom stereocenters. The van der Waals surface area contributed by atoms with Gasteiger partial charge in [-0.15, -0.1) is 11.3 Å². The van der Waals surface area contributed by atoms with Gasteiger partial charge in [-0.2, -0.15) is 0 Å². The smallest absolute Gasteiger partial charge is 0.250 e. The van der Waals surface area contributed by atoms with Crippen molar-refractivity contribution in [2.45, 2.75) is 36.6 Å². The lowest BCUT2D eigenvalue weighted by Gasteiger charge is -2.50. The first-order valence-corrected chi connectivity index (χ1v) is 8.25. The second kappa shape index (κ2) is 4.76. The van der Waals surface area contributed by atoms with Crippen molar-refractivity contribution in [3.05, 3.63) is 16.5 Å². The van der Waals surface area contributed by atoms with E-state index >= 15 is 0 Å². The van der Waals surface area contributed by atoms with Crippen molar-refractivity contribution in [2.75, 3.05) is 7.11 Å². The quantitative estimate of drug-likeness (QED) is 0.929. The molecule has 1 aliphatic carbocycles.